The van der Waals surface area contributed by atoms with Crippen LogP contribution in [0.1, 0.15) is 5.69 Å². The van der Waals surface area contributed by atoms with Gasteiger partial charge in [0.1, 0.15) is 12.4 Å². The van der Waals surface area contributed by atoms with Crippen LogP contribution in [0.4, 0.5) is 18.0 Å². The van der Waals surface area contributed by atoms with Crippen LogP contribution < -0.4 is 15.8 Å². The molecule has 0 spiro atoms. The lowest BCUT2D eigenvalue weighted by Gasteiger charge is -2.10. The molecule has 2 aromatic carbocycles. The Morgan fingerprint density at radius 3 is 2.28 bits per heavy atom. The molecule has 0 radical (unpaired) electrons. The minimum absolute atomic E-state index is 0.0401. The van der Waals surface area contributed by atoms with Crippen LogP contribution >= 0.6 is 0 Å². The second-order valence-electron chi connectivity index (χ2n) is 6.75. The van der Waals surface area contributed by atoms with Crippen LogP contribution in [0.25, 0.3) is 16.9 Å². The average molecular weight is 468 g/mol. The van der Waals surface area contributed by atoms with Crippen molar-refractivity contribution in [2.75, 3.05) is 19.4 Å². The maximum Gasteiger partial charge on any atom is 0.435 e. The molecule has 0 aliphatic rings. The van der Waals surface area contributed by atoms with Crippen LogP contribution in [0.5, 0.6) is 5.75 Å². The molecule has 3 aromatic rings. The number of hydrogen-bond donors (Lipinski definition) is 2. The summed E-state index contributed by atoms with van der Waals surface area (Å²) in [6.07, 6.45) is -3.63. The SMILES string of the molecule is CS(=O)(=O)c1ccc(-n2nc(C(F)(F)F)cc2-c2ccc(OCCNC(N)=O)cc2)cc1. The first-order chi connectivity index (χ1) is 14.9. The Morgan fingerprint density at radius 1 is 1.12 bits per heavy atom. The molecule has 8 nitrogen and oxygen atoms in total. The summed E-state index contributed by atoms with van der Waals surface area (Å²) >= 11 is 0. The molecular weight excluding hydrogens is 449 g/mol. The summed E-state index contributed by atoms with van der Waals surface area (Å²) in [7, 11) is -3.46. The number of primary amides is 1. The summed E-state index contributed by atoms with van der Waals surface area (Å²) in [5.74, 6) is 0.444. The Morgan fingerprint density at radius 2 is 1.75 bits per heavy atom. The Bertz CT molecular complexity index is 1210. The van der Waals surface area contributed by atoms with E-state index >= 15 is 0 Å². The standard InChI is InChI=1S/C20H19F3N4O4S/c1-32(29,30)16-8-4-14(5-9-16)27-17(12-18(26-27)20(21,22)23)13-2-6-15(7-3-13)31-11-10-25-19(24)28/h2-9,12H,10-11H2,1H3,(H3,24,25,28). The highest BCUT2D eigenvalue weighted by atomic mass is 32.2. The van der Waals surface area contributed by atoms with E-state index in [1.807, 2.05) is 0 Å². The van der Waals surface area contributed by atoms with Crippen molar-refractivity contribution in [3.8, 4) is 22.7 Å². The maximum absolute atomic E-state index is 13.3. The molecule has 2 amide bonds. The molecule has 3 rings (SSSR count). The summed E-state index contributed by atoms with van der Waals surface area (Å²) in [5, 5.41) is 6.05. The molecule has 170 valence electrons. The Labute approximate surface area is 181 Å². The number of sulfone groups is 1. The molecule has 0 bridgehead atoms. The molecule has 0 fully saturated rings. The highest BCUT2D eigenvalue weighted by Gasteiger charge is 2.35. The first-order valence-corrected chi connectivity index (χ1v) is 11.1. The molecule has 0 saturated heterocycles. The van der Waals surface area contributed by atoms with E-state index in [9.17, 15) is 26.4 Å². The van der Waals surface area contributed by atoms with E-state index < -0.39 is 27.7 Å². The smallest absolute Gasteiger partial charge is 0.435 e. The first-order valence-electron chi connectivity index (χ1n) is 9.19. The molecule has 1 aromatic heterocycles. The topological polar surface area (TPSA) is 116 Å². The average Bonchev–Trinajstić information content (AvgIpc) is 3.17. The summed E-state index contributed by atoms with van der Waals surface area (Å²) in [5.41, 5.74) is 4.73. The molecule has 0 unspecified atom stereocenters. The lowest BCUT2D eigenvalue weighted by molar-refractivity contribution is -0.141. The lowest BCUT2D eigenvalue weighted by Crippen LogP contribution is -2.32. The zero-order chi connectivity index (χ0) is 23.5. The normalized spacial score (nSPS) is 11.9. The second-order valence-corrected chi connectivity index (χ2v) is 8.77. The fraction of sp³-hybridized carbons (Fsp3) is 0.200. The van der Waals surface area contributed by atoms with Gasteiger partial charge in [-0.15, -0.1) is 0 Å². The summed E-state index contributed by atoms with van der Waals surface area (Å²) in [6, 6.07) is 11.9. The number of carbonyl (C=O) groups excluding carboxylic acids is 1. The van der Waals surface area contributed by atoms with Gasteiger partial charge in [0, 0.05) is 11.8 Å². The van der Waals surface area contributed by atoms with Gasteiger partial charge in [0.2, 0.25) is 0 Å². The van der Waals surface area contributed by atoms with Gasteiger partial charge >= 0.3 is 12.2 Å². The second kappa shape index (κ2) is 8.91. The van der Waals surface area contributed by atoms with Crippen molar-refractivity contribution in [1.82, 2.24) is 15.1 Å². The van der Waals surface area contributed by atoms with Crippen molar-refractivity contribution in [3.63, 3.8) is 0 Å². The van der Waals surface area contributed by atoms with Gasteiger partial charge < -0.3 is 15.8 Å². The Balaban J connectivity index is 1.92. The first kappa shape index (κ1) is 23.1. The van der Waals surface area contributed by atoms with E-state index in [1.165, 1.54) is 24.3 Å². The van der Waals surface area contributed by atoms with Crippen molar-refractivity contribution in [2.45, 2.75) is 11.1 Å². The Hall–Kier alpha value is -3.54. The van der Waals surface area contributed by atoms with E-state index in [2.05, 4.69) is 10.4 Å². The third kappa shape index (κ3) is 5.58. The Kier molecular flexibility index (Phi) is 6.44. The minimum atomic E-state index is -4.66. The van der Waals surface area contributed by atoms with Gasteiger partial charge in [-0.05, 0) is 54.6 Å². The van der Waals surface area contributed by atoms with Crippen molar-refractivity contribution >= 4 is 15.9 Å². The number of halogens is 3. The molecule has 0 aliphatic carbocycles. The number of nitrogens with zero attached hydrogens (tertiary/aromatic N) is 2. The van der Waals surface area contributed by atoms with Gasteiger partial charge in [-0.1, -0.05) is 0 Å². The van der Waals surface area contributed by atoms with Crippen LogP contribution in [0.3, 0.4) is 0 Å². The largest absolute Gasteiger partial charge is 0.492 e. The zero-order valence-electron chi connectivity index (χ0n) is 16.8. The number of benzene rings is 2. The molecule has 0 atom stereocenters. The predicted molar refractivity (Wildman–Crippen MR) is 110 cm³/mol. The highest BCUT2D eigenvalue weighted by molar-refractivity contribution is 7.90. The summed E-state index contributed by atoms with van der Waals surface area (Å²) in [4.78, 5) is 10.7. The van der Waals surface area contributed by atoms with Crippen molar-refractivity contribution in [1.29, 1.82) is 0 Å². The van der Waals surface area contributed by atoms with E-state index in [0.717, 1.165) is 17.0 Å². The van der Waals surface area contributed by atoms with Crippen LogP contribution in [0.15, 0.2) is 59.5 Å². The molecule has 12 heteroatoms. The van der Waals surface area contributed by atoms with E-state index in [0.29, 0.717) is 11.3 Å². The van der Waals surface area contributed by atoms with E-state index in [4.69, 9.17) is 10.5 Å². The summed E-state index contributed by atoms with van der Waals surface area (Å²) in [6.45, 7) is 0.355. The minimum Gasteiger partial charge on any atom is -0.492 e. The third-order valence-corrected chi connectivity index (χ3v) is 5.46. The number of hydrogen-bond acceptors (Lipinski definition) is 5. The predicted octanol–water partition coefficient (Wildman–Crippen LogP) is 3.01. The van der Waals surface area contributed by atoms with Gasteiger partial charge in [0.05, 0.1) is 22.8 Å². The van der Waals surface area contributed by atoms with Crippen LogP contribution in [-0.2, 0) is 16.0 Å². The van der Waals surface area contributed by atoms with Gasteiger partial charge in [-0.3, -0.25) is 0 Å². The van der Waals surface area contributed by atoms with E-state index in [-0.39, 0.29) is 29.4 Å². The maximum atomic E-state index is 13.3. The molecule has 0 saturated carbocycles. The van der Waals surface area contributed by atoms with Gasteiger partial charge in [-0.2, -0.15) is 18.3 Å². The number of nitrogens with two attached hydrogens (primary N) is 1. The number of ether oxygens (including phenoxy) is 1. The summed E-state index contributed by atoms with van der Waals surface area (Å²) < 4.78 is 69.8. The number of urea groups is 1. The van der Waals surface area contributed by atoms with Crippen molar-refractivity contribution in [3.05, 3.63) is 60.3 Å². The quantitative estimate of drug-likeness (QED) is 0.517. The fourth-order valence-electron chi connectivity index (χ4n) is 2.82. The van der Waals surface area contributed by atoms with E-state index in [1.54, 1.807) is 24.3 Å². The van der Waals surface area contributed by atoms with Crippen LogP contribution in [-0.4, -0.2) is 43.6 Å². The van der Waals surface area contributed by atoms with Gasteiger partial charge in [0.15, 0.2) is 15.5 Å². The molecule has 1 heterocycles. The van der Waals surface area contributed by atoms with Crippen LogP contribution in [0.2, 0.25) is 0 Å². The molecule has 3 N–H and O–H groups in total. The third-order valence-electron chi connectivity index (χ3n) is 4.33. The number of aromatic nitrogens is 2. The zero-order valence-corrected chi connectivity index (χ0v) is 17.6. The van der Waals surface area contributed by atoms with Crippen LogP contribution in [0, 0.1) is 0 Å². The number of amides is 2. The number of rotatable bonds is 7. The highest BCUT2D eigenvalue weighted by Crippen LogP contribution is 2.33. The lowest BCUT2D eigenvalue weighted by atomic mass is 10.1. The molecular formula is C20H19F3N4O4S. The van der Waals surface area contributed by atoms with Gasteiger partial charge in [-0.25, -0.2) is 17.9 Å². The van der Waals surface area contributed by atoms with Crippen molar-refractivity contribution in [2.24, 2.45) is 5.73 Å². The van der Waals surface area contributed by atoms with Gasteiger partial charge in [0.25, 0.3) is 0 Å². The fourth-order valence-corrected chi connectivity index (χ4v) is 3.45. The number of carbonyl (C=O) groups is 1. The monoisotopic (exact) mass is 468 g/mol. The molecule has 0 aliphatic heterocycles. The van der Waals surface area contributed by atoms with Crippen molar-refractivity contribution < 1.29 is 31.1 Å². The number of nitrogens with one attached hydrogen (secondary N) is 1. The number of alkyl halides is 3. The molecule has 32 heavy (non-hydrogen) atoms.